The number of aromatic nitrogens is 2. The van der Waals surface area contributed by atoms with Gasteiger partial charge in [0.15, 0.2) is 6.61 Å². The third kappa shape index (κ3) is 5.59. The molecular formula is C19H22ClN3O4. The molecule has 0 fully saturated rings. The lowest BCUT2D eigenvalue weighted by atomic mass is 10.2. The molecule has 27 heavy (non-hydrogen) atoms. The number of rotatable bonds is 7. The molecule has 0 unspecified atom stereocenters. The molecular weight excluding hydrogens is 370 g/mol. The molecule has 0 saturated heterocycles. The summed E-state index contributed by atoms with van der Waals surface area (Å²) in [5.74, 6) is -0.166. The number of ether oxygens (including phenoxy) is 2. The van der Waals surface area contributed by atoms with Crippen LogP contribution < -0.4 is 4.74 Å². The van der Waals surface area contributed by atoms with Crippen molar-refractivity contribution in [2.45, 2.75) is 13.5 Å². The first-order valence-electron chi connectivity index (χ1n) is 8.22. The van der Waals surface area contributed by atoms with Gasteiger partial charge >= 0.3 is 5.97 Å². The van der Waals surface area contributed by atoms with Gasteiger partial charge in [0.2, 0.25) is 0 Å². The molecule has 0 radical (unpaired) electrons. The molecule has 1 heterocycles. The summed E-state index contributed by atoms with van der Waals surface area (Å²) in [7, 11) is 4.79. The minimum atomic E-state index is -0.624. The van der Waals surface area contributed by atoms with Gasteiger partial charge < -0.3 is 14.4 Å². The highest BCUT2D eigenvalue weighted by Gasteiger charge is 2.13. The van der Waals surface area contributed by atoms with Gasteiger partial charge in [0.1, 0.15) is 10.9 Å². The molecule has 0 aliphatic heterocycles. The Morgan fingerprint density at radius 2 is 2.07 bits per heavy atom. The molecule has 0 spiro atoms. The number of halogens is 1. The first kappa shape index (κ1) is 20.5. The molecule has 2 aromatic rings. The van der Waals surface area contributed by atoms with E-state index in [1.807, 2.05) is 24.3 Å². The summed E-state index contributed by atoms with van der Waals surface area (Å²) in [5, 5.41) is 4.82. The minimum absolute atomic E-state index is 0.294. The van der Waals surface area contributed by atoms with E-state index in [1.165, 1.54) is 17.1 Å². The maximum absolute atomic E-state index is 11.8. The highest BCUT2D eigenvalue weighted by Crippen LogP contribution is 2.23. The molecule has 0 N–H and O–H groups in total. The number of hydrogen-bond donors (Lipinski definition) is 0. The fraction of sp³-hybridized carbons (Fsp3) is 0.316. The smallest absolute Gasteiger partial charge is 0.331 e. The Hall–Kier alpha value is -2.80. The van der Waals surface area contributed by atoms with Gasteiger partial charge in [-0.05, 0) is 30.7 Å². The number of methoxy groups -OCH3 is 1. The van der Waals surface area contributed by atoms with E-state index in [4.69, 9.17) is 21.1 Å². The lowest BCUT2D eigenvalue weighted by Gasteiger charge is -2.09. The van der Waals surface area contributed by atoms with Crippen molar-refractivity contribution in [2.24, 2.45) is 0 Å². The Balaban J connectivity index is 2.08. The van der Waals surface area contributed by atoms with Crippen LogP contribution in [0.15, 0.2) is 30.3 Å². The van der Waals surface area contributed by atoms with Gasteiger partial charge in [-0.25, -0.2) is 9.48 Å². The lowest BCUT2D eigenvalue weighted by Crippen LogP contribution is -2.27. The van der Waals surface area contributed by atoms with Crippen molar-refractivity contribution < 1.29 is 19.1 Å². The second-order valence-corrected chi connectivity index (χ2v) is 6.39. The van der Waals surface area contributed by atoms with Gasteiger partial charge in [-0.3, -0.25) is 4.79 Å². The normalized spacial score (nSPS) is 10.9. The molecule has 0 atom stereocenters. The van der Waals surface area contributed by atoms with E-state index in [0.717, 1.165) is 11.3 Å². The standard InChI is InChI=1S/C19H22ClN3O4/c1-13-16(8-9-18(25)27-12-17(24)22(2)3)19(20)23(21-13)11-14-6-5-7-15(10-14)26-4/h5-10H,11-12H2,1-4H3/b9-8+. The monoisotopic (exact) mass is 391 g/mol. The van der Waals surface area contributed by atoms with Gasteiger partial charge in [-0.2, -0.15) is 5.10 Å². The molecule has 0 aliphatic carbocycles. The van der Waals surface area contributed by atoms with Gasteiger partial charge in [0, 0.05) is 25.7 Å². The van der Waals surface area contributed by atoms with E-state index in [0.29, 0.717) is 23.0 Å². The number of esters is 1. The van der Waals surface area contributed by atoms with Crippen molar-refractivity contribution in [3.63, 3.8) is 0 Å². The average Bonchev–Trinajstić information content (AvgIpc) is 2.91. The van der Waals surface area contributed by atoms with Crippen LogP contribution in [0.2, 0.25) is 5.15 Å². The van der Waals surface area contributed by atoms with E-state index in [1.54, 1.807) is 32.8 Å². The maximum Gasteiger partial charge on any atom is 0.331 e. The van der Waals surface area contributed by atoms with E-state index in [9.17, 15) is 9.59 Å². The maximum atomic E-state index is 11.8. The zero-order chi connectivity index (χ0) is 20.0. The topological polar surface area (TPSA) is 73.7 Å². The predicted molar refractivity (Wildman–Crippen MR) is 103 cm³/mol. The summed E-state index contributed by atoms with van der Waals surface area (Å²) in [4.78, 5) is 24.6. The number of benzene rings is 1. The van der Waals surface area contributed by atoms with E-state index >= 15 is 0 Å². The van der Waals surface area contributed by atoms with Crippen LogP contribution in [0.5, 0.6) is 5.75 Å². The summed E-state index contributed by atoms with van der Waals surface area (Å²) in [6.07, 6.45) is 2.77. The van der Waals surface area contributed by atoms with Crippen LogP contribution in [0, 0.1) is 6.92 Å². The summed E-state index contributed by atoms with van der Waals surface area (Å²) >= 11 is 6.41. The third-order valence-corrected chi connectivity index (χ3v) is 4.20. The van der Waals surface area contributed by atoms with Crippen molar-refractivity contribution in [1.82, 2.24) is 14.7 Å². The van der Waals surface area contributed by atoms with Gasteiger partial charge in [-0.15, -0.1) is 0 Å². The Kier molecular flexibility index (Phi) is 7.01. The predicted octanol–water partition coefficient (Wildman–Crippen LogP) is 2.55. The second kappa shape index (κ2) is 9.23. The third-order valence-electron chi connectivity index (χ3n) is 3.80. The van der Waals surface area contributed by atoms with Crippen molar-refractivity contribution in [1.29, 1.82) is 0 Å². The number of likely N-dealkylation sites (N-methyl/N-ethyl adjacent to an activating group) is 1. The number of hydrogen-bond acceptors (Lipinski definition) is 5. The summed E-state index contributed by atoms with van der Waals surface area (Å²) in [5.41, 5.74) is 2.28. The zero-order valence-corrected chi connectivity index (χ0v) is 16.5. The average molecular weight is 392 g/mol. The Bertz CT molecular complexity index is 859. The SMILES string of the molecule is COc1cccc(Cn2nc(C)c(/C=C/C(=O)OCC(=O)N(C)C)c2Cl)c1. The van der Waals surface area contributed by atoms with Gasteiger partial charge in [0.05, 0.1) is 19.3 Å². The summed E-state index contributed by atoms with van der Waals surface area (Å²) < 4.78 is 11.8. The molecule has 8 heteroatoms. The molecule has 1 aromatic heterocycles. The fourth-order valence-electron chi connectivity index (χ4n) is 2.27. The first-order chi connectivity index (χ1) is 12.8. The number of carbonyl (C=O) groups is 2. The van der Waals surface area contributed by atoms with Crippen LogP contribution >= 0.6 is 11.6 Å². The number of amides is 1. The van der Waals surface area contributed by atoms with Crippen LogP contribution in [-0.2, 0) is 20.9 Å². The Morgan fingerprint density at radius 1 is 1.33 bits per heavy atom. The van der Waals surface area contributed by atoms with E-state index in [-0.39, 0.29) is 12.5 Å². The van der Waals surface area contributed by atoms with Crippen LogP contribution in [0.1, 0.15) is 16.8 Å². The summed E-state index contributed by atoms with van der Waals surface area (Å²) in [6, 6.07) is 7.61. The molecule has 0 bridgehead atoms. The van der Waals surface area contributed by atoms with Crippen molar-refractivity contribution in [3.05, 3.63) is 52.3 Å². The van der Waals surface area contributed by atoms with Crippen molar-refractivity contribution in [2.75, 3.05) is 27.8 Å². The molecule has 2 rings (SSSR count). The van der Waals surface area contributed by atoms with E-state index in [2.05, 4.69) is 5.10 Å². The largest absolute Gasteiger partial charge is 0.497 e. The second-order valence-electron chi connectivity index (χ2n) is 6.03. The van der Waals surface area contributed by atoms with Gasteiger partial charge in [-0.1, -0.05) is 23.7 Å². The van der Waals surface area contributed by atoms with Crippen LogP contribution in [0.25, 0.3) is 6.08 Å². The quantitative estimate of drug-likeness (QED) is 0.535. The van der Waals surface area contributed by atoms with Crippen molar-refractivity contribution in [3.8, 4) is 5.75 Å². The minimum Gasteiger partial charge on any atom is -0.497 e. The zero-order valence-electron chi connectivity index (χ0n) is 15.7. The molecule has 144 valence electrons. The van der Waals surface area contributed by atoms with E-state index < -0.39 is 5.97 Å². The number of carbonyl (C=O) groups excluding carboxylic acids is 2. The summed E-state index contributed by atoms with van der Waals surface area (Å²) in [6.45, 7) is 1.96. The van der Waals surface area contributed by atoms with Crippen LogP contribution in [0.3, 0.4) is 0 Å². The van der Waals surface area contributed by atoms with Gasteiger partial charge in [0.25, 0.3) is 5.91 Å². The molecule has 0 aliphatic rings. The highest BCUT2D eigenvalue weighted by molar-refractivity contribution is 6.31. The van der Waals surface area contributed by atoms with Crippen LogP contribution in [-0.4, -0.2) is 54.4 Å². The number of nitrogens with zero attached hydrogens (tertiary/aromatic N) is 3. The molecule has 1 amide bonds. The first-order valence-corrected chi connectivity index (χ1v) is 8.60. The Morgan fingerprint density at radius 3 is 2.74 bits per heavy atom. The number of aryl methyl sites for hydroxylation is 1. The van der Waals surface area contributed by atoms with Crippen LogP contribution in [0.4, 0.5) is 0 Å². The molecule has 0 saturated carbocycles. The molecule has 7 nitrogen and oxygen atoms in total. The lowest BCUT2D eigenvalue weighted by molar-refractivity contribution is -0.146. The molecule has 1 aromatic carbocycles. The Labute approximate surface area is 163 Å². The van der Waals surface area contributed by atoms with Crippen molar-refractivity contribution >= 4 is 29.6 Å². The fourth-order valence-corrected chi connectivity index (χ4v) is 2.56. The highest BCUT2D eigenvalue weighted by atomic mass is 35.5.